The van der Waals surface area contributed by atoms with E-state index >= 15 is 0 Å². The highest BCUT2D eigenvalue weighted by atomic mass is 32.2. The normalized spacial score (nSPS) is 15.9. The fourth-order valence-corrected chi connectivity index (χ4v) is 6.26. The maximum atomic E-state index is 13.0. The summed E-state index contributed by atoms with van der Waals surface area (Å²) in [5.41, 5.74) is 4.95. The fourth-order valence-electron chi connectivity index (χ4n) is 4.39. The predicted molar refractivity (Wildman–Crippen MR) is 138 cm³/mol. The van der Waals surface area contributed by atoms with Crippen LogP contribution in [0.2, 0.25) is 0 Å². The number of amides is 1. The van der Waals surface area contributed by atoms with E-state index in [1.807, 2.05) is 43.3 Å². The number of para-hydroxylation sites is 1. The molecule has 4 aromatic rings. The molecule has 1 aliphatic carbocycles. The lowest BCUT2D eigenvalue weighted by Gasteiger charge is -2.25. The van der Waals surface area contributed by atoms with Gasteiger partial charge in [-0.15, -0.1) is 0 Å². The van der Waals surface area contributed by atoms with E-state index in [9.17, 15) is 10.1 Å². The first-order valence-electron chi connectivity index (χ1n) is 11.5. The van der Waals surface area contributed by atoms with Crippen molar-refractivity contribution < 1.29 is 4.79 Å². The van der Waals surface area contributed by atoms with E-state index in [0.29, 0.717) is 28.1 Å². The number of thioether (sulfide) groups is 1. The monoisotopic (exact) mass is 484 g/mol. The van der Waals surface area contributed by atoms with Gasteiger partial charge in [-0.3, -0.25) is 4.79 Å². The zero-order valence-electron chi connectivity index (χ0n) is 18.8. The molecule has 7 heteroatoms. The molecule has 0 fully saturated rings. The third kappa shape index (κ3) is 4.70. The Hall–Kier alpha value is -3.21. The second-order valence-electron chi connectivity index (χ2n) is 8.40. The summed E-state index contributed by atoms with van der Waals surface area (Å²) in [5.74, 6) is 0.336. The average Bonchev–Trinajstić information content (AvgIpc) is 3.29. The van der Waals surface area contributed by atoms with Gasteiger partial charge in [-0.2, -0.15) is 5.26 Å². The molecule has 170 valence electrons. The van der Waals surface area contributed by atoms with Crippen molar-refractivity contribution in [2.24, 2.45) is 0 Å². The van der Waals surface area contributed by atoms with Crippen molar-refractivity contribution in [1.29, 1.82) is 5.26 Å². The summed E-state index contributed by atoms with van der Waals surface area (Å²) in [6, 6.07) is 22.7. The lowest BCUT2D eigenvalue weighted by molar-refractivity contribution is -0.115. The van der Waals surface area contributed by atoms with Crippen LogP contribution < -0.4 is 5.32 Å². The summed E-state index contributed by atoms with van der Waals surface area (Å²) < 4.78 is 1.04. The Morgan fingerprint density at radius 3 is 2.76 bits per heavy atom. The minimum absolute atomic E-state index is 0.112. The Morgan fingerprint density at radius 1 is 1.21 bits per heavy atom. The van der Waals surface area contributed by atoms with Crippen LogP contribution in [0.1, 0.15) is 48.1 Å². The highest BCUT2D eigenvalue weighted by Gasteiger charge is 2.26. The van der Waals surface area contributed by atoms with Crippen molar-refractivity contribution >= 4 is 44.4 Å². The first-order chi connectivity index (χ1) is 16.6. The smallest absolute Gasteiger partial charge is 0.239 e. The SMILES string of the molecule is CCC(Sc1nc2c(cc1C#N)CC(c1ccccc1)CC2)C(=O)Nc1nc2ccccc2s1. The van der Waals surface area contributed by atoms with Crippen molar-refractivity contribution in [2.75, 3.05) is 5.32 Å². The van der Waals surface area contributed by atoms with Crippen LogP contribution in [0.15, 0.2) is 65.7 Å². The van der Waals surface area contributed by atoms with Crippen LogP contribution in [0, 0.1) is 11.3 Å². The van der Waals surface area contributed by atoms with Crippen LogP contribution >= 0.6 is 23.1 Å². The molecular formula is C27H24N4OS2. The van der Waals surface area contributed by atoms with E-state index in [1.54, 1.807) is 0 Å². The van der Waals surface area contributed by atoms with Gasteiger partial charge in [-0.05, 0) is 60.9 Å². The number of carbonyl (C=O) groups excluding carboxylic acids is 1. The van der Waals surface area contributed by atoms with Crippen LogP contribution in [0.3, 0.4) is 0 Å². The van der Waals surface area contributed by atoms with Crippen molar-refractivity contribution in [3.8, 4) is 6.07 Å². The van der Waals surface area contributed by atoms with Gasteiger partial charge in [0.1, 0.15) is 11.1 Å². The average molecular weight is 485 g/mol. The zero-order valence-corrected chi connectivity index (χ0v) is 20.5. The number of benzene rings is 2. The zero-order chi connectivity index (χ0) is 23.5. The Balaban J connectivity index is 1.33. The molecule has 1 amide bonds. The first-order valence-corrected chi connectivity index (χ1v) is 13.1. The molecule has 0 saturated carbocycles. The Labute approximate surface area is 207 Å². The molecule has 1 N–H and O–H groups in total. The lowest BCUT2D eigenvalue weighted by atomic mass is 9.82. The number of carbonyl (C=O) groups is 1. The number of hydrogen-bond acceptors (Lipinski definition) is 6. The number of rotatable bonds is 6. The third-order valence-electron chi connectivity index (χ3n) is 6.18. The molecule has 2 aromatic carbocycles. The van der Waals surface area contributed by atoms with Crippen molar-refractivity contribution in [3.05, 3.63) is 83.0 Å². The van der Waals surface area contributed by atoms with Crippen molar-refractivity contribution in [3.63, 3.8) is 0 Å². The number of hydrogen-bond donors (Lipinski definition) is 1. The summed E-state index contributed by atoms with van der Waals surface area (Å²) in [7, 11) is 0. The Morgan fingerprint density at radius 2 is 2.00 bits per heavy atom. The molecule has 0 aliphatic heterocycles. The summed E-state index contributed by atoms with van der Waals surface area (Å²) in [4.78, 5) is 22.4. The van der Waals surface area contributed by atoms with Crippen LogP contribution in [0.4, 0.5) is 5.13 Å². The van der Waals surface area contributed by atoms with Gasteiger partial charge in [0.2, 0.25) is 5.91 Å². The van der Waals surface area contributed by atoms with Gasteiger partial charge in [-0.1, -0.05) is 72.5 Å². The number of nitrogens with one attached hydrogen (secondary N) is 1. The Kier molecular flexibility index (Phi) is 6.61. The first kappa shape index (κ1) is 22.6. The van der Waals surface area contributed by atoms with E-state index in [2.05, 4.69) is 40.6 Å². The maximum Gasteiger partial charge on any atom is 0.239 e. The third-order valence-corrected chi connectivity index (χ3v) is 8.50. The molecule has 34 heavy (non-hydrogen) atoms. The number of nitriles is 1. The molecule has 0 radical (unpaired) electrons. The van der Waals surface area contributed by atoms with Gasteiger partial charge in [0.15, 0.2) is 5.13 Å². The van der Waals surface area contributed by atoms with Gasteiger partial charge in [0.05, 0.1) is 21.0 Å². The molecule has 5 rings (SSSR count). The molecule has 2 aromatic heterocycles. The van der Waals surface area contributed by atoms with Gasteiger partial charge in [0.25, 0.3) is 0 Å². The Bertz CT molecular complexity index is 1340. The number of thiazole rings is 1. The fraction of sp³-hybridized carbons (Fsp3) is 0.259. The second-order valence-corrected chi connectivity index (χ2v) is 10.6. The highest BCUT2D eigenvalue weighted by molar-refractivity contribution is 8.00. The standard InChI is InChI=1S/C27H24N4OS2/c1-2-23(25(32)31-27-30-22-10-6-7-11-24(22)34-27)33-26-20(16-28)15-19-14-18(12-13-21(19)29-26)17-8-4-3-5-9-17/h3-11,15,18,23H,2,12-14H2,1H3,(H,30,31,32). The van der Waals surface area contributed by atoms with Gasteiger partial charge >= 0.3 is 0 Å². The number of aryl methyl sites for hydroxylation is 1. The second kappa shape index (κ2) is 9.96. The molecule has 1 aliphatic rings. The van der Waals surface area contributed by atoms with Crippen molar-refractivity contribution in [1.82, 2.24) is 9.97 Å². The largest absolute Gasteiger partial charge is 0.301 e. The van der Waals surface area contributed by atoms with E-state index in [0.717, 1.165) is 40.7 Å². The topological polar surface area (TPSA) is 78.7 Å². The van der Waals surface area contributed by atoms with E-state index in [1.165, 1.54) is 28.7 Å². The van der Waals surface area contributed by atoms with E-state index < -0.39 is 0 Å². The number of aromatic nitrogens is 2. The summed E-state index contributed by atoms with van der Waals surface area (Å²) >= 11 is 2.84. The van der Waals surface area contributed by atoms with Crippen LogP contribution in [-0.2, 0) is 17.6 Å². The molecule has 2 heterocycles. The summed E-state index contributed by atoms with van der Waals surface area (Å²) in [6.45, 7) is 1.98. The molecule has 0 spiro atoms. The maximum absolute atomic E-state index is 13.0. The minimum atomic E-state index is -0.356. The highest BCUT2D eigenvalue weighted by Crippen LogP contribution is 2.36. The van der Waals surface area contributed by atoms with Gasteiger partial charge < -0.3 is 5.32 Å². The van der Waals surface area contributed by atoms with E-state index in [-0.39, 0.29) is 11.2 Å². The predicted octanol–water partition coefficient (Wildman–Crippen LogP) is 6.34. The molecular weight excluding hydrogens is 460 g/mol. The number of fused-ring (bicyclic) bond motifs is 2. The molecule has 2 unspecified atom stereocenters. The van der Waals surface area contributed by atoms with Gasteiger partial charge in [0, 0.05) is 5.69 Å². The molecule has 0 bridgehead atoms. The molecule has 0 saturated heterocycles. The quantitative estimate of drug-likeness (QED) is 0.323. The van der Waals surface area contributed by atoms with Crippen molar-refractivity contribution in [2.45, 2.75) is 48.8 Å². The summed E-state index contributed by atoms with van der Waals surface area (Å²) in [5, 5.41) is 13.7. The van der Waals surface area contributed by atoms with Crippen LogP contribution in [-0.4, -0.2) is 21.1 Å². The minimum Gasteiger partial charge on any atom is -0.301 e. The molecule has 5 nitrogen and oxygen atoms in total. The summed E-state index contributed by atoms with van der Waals surface area (Å²) in [6.07, 6.45) is 3.43. The van der Waals surface area contributed by atoms with Gasteiger partial charge in [-0.25, -0.2) is 9.97 Å². The van der Waals surface area contributed by atoms with Crippen LogP contribution in [0.25, 0.3) is 10.2 Å². The lowest BCUT2D eigenvalue weighted by Crippen LogP contribution is -2.25. The number of anilines is 1. The van der Waals surface area contributed by atoms with Crippen LogP contribution in [0.5, 0.6) is 0 Å². The molecule has 2 atom stereocenters. The van der Waals surface area contributed by atoms with E-state index in [4.69, 9.17) is 4.98 Å². The number of pyridine rings is 1. The number of nitrogens with zero attached hydrogens (tertiary/aromatic N) is 3.